The van der Waals surface area contributed by atoms with Crippen molar-refractivity contribution in [3.63, 3.8) is 0 Å². The minimum atomic E-state index is -0.483. The molecule has 1 aromatic heterocycles. The molecule has 2 N–H and O–H groups in total. The molecule has 6 nitrogen and oxygen atoms in total. The Kier molecular flexibility index (Phi) is 4.78. The second kappa shape index (κ2) is 6.79. The van der Waals surface area contributed by atoms with Crippen molar-refractivity contribution < 1.29 is 9.90 Å². The summed E-state index contributed by atoms with van der Waals surface area (Å²) in [6, 6.07) is 0. The van der Waals surface area contributed by atoms with E-state index < -0.39 is 6.10 Å². The lowest BCUT2D eigenvalue weighted by Gasteiger charge is -2.28. The molecule has 1 atom stereocenters. The monoisotopic (exact) mass is 306 g/mol. The fourth-order valence-corrected chi connectivity index (χ4v) is 3.26. The molecule has 0 radical (unpaired) electrons. The van der Waals surface area contributed by atoms with Crippen LogP contribution in [-0.2, 0) is 11.3 Å². The highest BCUT2D eigenvalue weighted by Crippen LogP contribution is 2.30. The number of imidazole rings is 1. The fraction of sp³-hybridized carbons (Fsp3) is 0.750. The van der Waals surface area contributed by atoms with Crippen molar-refractivity contribution in [3.8, 4) is 0 Å². The van der Waals surface area contributed by atoms with Gasteiger partial charge in [0.2, 0.25) is 5.91 Å². The molecule has 1 saturated carbocycles. The maximum absolute atomic E-state index is 12.3. The number of aromatic nitrogens is 2. The Morgan fingerprint density at radius 2 is 2.23 bits per heavy atom. The number of aryl methyl sites for hydroxylation is 1. The number of amides is 1. The predicted octanol–water partition coefficient (Wildman–Crippen LogP) is 0.913. The number of hydrogen-bond donors (Lipinski definition) is 2. The van der Waals surface area contributed by atoms with Crippen molar-refractivity contribution >= 4 is 5.91 Å². The standard InChI is InChI=1S/C16H26N4O2/c1-12-8-17-15(18-12)11-19-5-6-20(10-14(21)9-19)16(22)7-13-3-2-4-13/h8,13-14,21H,2-7,9-11H2,1H3,(H,17,18)/t14-/m0/s1. The largest absolute Gasteiger partial charge is 0.390 e. The molecule has 0 unspecified atom stereocenters. The number of rotatable bonds is 4. The number of aromatic amines is 1. The van der Waals surface area contributed by atoms with Crippen LogP contribution in [0.3, 0.4) is 0 Å². The van der Waals surface area contributed by atoms with Crippen LogP contribution in [0.25, 0.3) is 0 Å². The number of H-pyrrole nitrogens is 1. The van der Waals surface area contributed by atoms with Gasteiger partial charge >= 0.3 is 0 Å². The van der Waals surface area contributed by atoms with E-state index in [2.05, 4.69) is 14.9 Å². The van der Waals surface area contributed by atoms with E-state index in [0.29, 0.717) is 38.5 Å². The topological polar surface area (TPSA) is 72.5 Å². The molecule has 1 amide bonds. The Morgan fingerprint density at radius 1 is 1.41 bits per heavy atom. The van der Waals surface area contributed by atoms with E-state index in [1.807, 2.05) is 18.0 Å². The number of hydrogen-bond acceptors (Lipinski definition) is 4. The van der Waals surface area contributed by atoms with Gasteiger partial charge in [0, 0.05) is 44.5 Å². The summed E-state index contributed by atoms with van der Waals surface area (Å²) in [5, 5.41) is 10.2. The molecule has 0 spiro atoms. The summed E-state index contributed by atoms with van der Waals surface area (Å²) in [5.74, 6) is 1.70. The van der Waals surface area contributed by atoms with Gasteiger partial charge in [-0.1, -0.05) is 6.42 Å². The lowest BCUT2D eigenvalue weighted by molar-refractivity contribution is -0.133. The molecule has 0 aromatic carbocycles. The smallest absolute Gasteiger partial charge is 0.222 e. The molecule has 1 aliphatic heterocycles. The molecule has 2 fully saturated rings. The van der Waals surface area contributed by atoms with Crippen LogP contribution in [0.1, 0.15) is 37.2 Å². The summed E-state index contributed by atoms with van der Waals surface area (Å²) in [6.07, 6.45) is 5.63. The van der Waals surface area contributed by atoms with Crippen LogP contribution in [0.2, 0.25) is 0 Å². The maximum atomic E-state index is 12.3. The van der Waals surface area contributed by atoms with Crippen molar-refractivity contribution in [2.24, 2.45) is 5.92 Å². The predicted molar refractivity (Wildman–Crippen MR) is 83.1 cm³/mol. The van der Waals surface area contributed by atoms with Gasteiger partial charge in [0.25, 0.3) is 0 Å². The van der Waals surface area contributed by atoms with E-state index in [-0.39, 0.29) is 5.91 Å². The van der Waals surface area contributed by atoms with E-state index in [4.69, 9.17) is 0 Å². The average molecular weight is 306 g/mol. The fourth-order valence-electron chi connectivity index (χ4n) is 3.26. The number of nitrogens with zero attached hydrogens (tertiary/aromatic N) is 3. The molecule has 122 valence electrons. The molecular formula is C16H26N4O2. The SMILES string of the molecule is Cc1cnc(CN2CCN(C(=O)CC3CCC3)C[C@@H](O)C2)[nH]1. The first-order valence-corrected chi connectivity index (χ1v) is 8.29. The zero-order chi connectivity index (χ0) is 15.5. The Hall–Kier alpha value is -1.40. The van der Waals surface area contributed by atoms with Crippen LogP contribution in [0, 0.1) is 12.8 Å². The van der Waals surface area contributed by atoms with E-state index >= 15 is 0 Å². The molecule has 1 aromatic rings. The number of aliphatic hydroxyl groups is 1. The quantitative estimate of drug-likeness (QED) is 0.867. The van der Waals surface area contributed by atoms with E-state index in [0.717, 1.165) is 18.1 Å². The van der Waals surface area contributed by atoms with Crippen molar-refractivity contribution in [3.05, 3.63) is 17.7 Å². The van der Waals surface area contributed by atoms with Gasteiger partial charge in [-0.05, 0) is 25.7 Å². The Morgan fingerprint density at radius 3 is 2.86 bits per heavy atom. The third-order valence-corrected chi connectivity index (χ3v) is 4.76. The van der Waals surface area contributed by atoms with Crippen molar-refractivity contribution in [2.75, 3.05) is 26.2 Å². The van der Waals surface area contributed by atoms with Crippen LogP contribution in [0.4, 0.5) is 0 Å². The van der Waals surface area contributed by atoms with Crippen molar-refractivity contribution in [1.82, 2.24) is 19.8 Å². The Bertz CT molecular complexity index is 512. The highest BCUT2D eigenvalue weighted by Gasteiger charge is 2.28. The summed E-state index contributed by atoms with van der Waals surface area (Å²) < 4.78 is 0. The van der Waals surface area contributed by atoms with Crippen LogP contribution in [0.15, 0.2) is 6.20 Å². The molecular weight excluding hydrogens is 280 g/mol. The first-order valence-electron chi connectivity index (χ1n) is 8.29. The molecule has 6 heteroatoms. The third kappa shape index (κ3) is 3.87. The summed E-state index contributed by atoms with van der Waals surface area (Å²) >= 11 is 0. The van der Waals surface area contributed by atoms with Crippen LogP contribution in [-0.4, -0.2) is 63.1 Å². The summed E-state index contributed by atoms with van der Waals surface area (Å²) in [6.45, 7) is 5.20. The zero-order valence-corrected chi connectivity index (χ0v) is 13.3. The second-order valence-corrected chi connectivity index (χ2v) is 6.74. The lowest BCUT2D eigenvalue weighted by Crippen LogP contribution is -2.39. The molecule has 3 rings (SSSR count). The molecule has 1 aliphatic carbocycles. The van der Waals surface area contributed by atoms with E-state index in [1.54, 1.807) is 0 Å². The Labute approximate surface area is 131 Å². The van der Waals surface area contributed by atoms with Gasteiger partial charge in [-0.3, -0.25) is 9.69 Å². The molecule has 22 heavy (non-hydrogen) atoms. The molecule has 1 saturated heterocycles. The first-order chi connectivity index (χ1) is 10.6. The van der Waals surface area contributed by atoms with Gasteiger partial charge in [0.1, 0.15) is 5.82 Å². The highest BCUT2D eigenvalue weighted by molar-refractivity contribution is 5.76. The van der Waals surface area contributed by atoms with Crippen molar-refractivity contribution in [1.29, 1.82) is 0 Å². The summed E-state index contributed by atoms with van der Waals surface area (Å²) in [5.41, 5.74) is 1.04. The van der Waals surface area contributed by atoms with Crippen LogP contribution >= 0.6 is 0 Å². The van der Waals surface area contributed by atoms with Gasteiger partial charge in [0.15, 0.2) is 0 Å². The van der Waals surface area contributed by atoms with Gasteiger partial charge < -0.3 is 15.0 Å². The highest BCUT2D eigenvalue weighted by atomic mass is 16.3. The number of carbonyl (C=O) groups excluding carboxylic acids is 1. The van der Waals surface area contributed by atoms with Crippen molar-refractivity contribution in [2.45, 2.75) is 45.3 Å². The number of carbonyl (C=O) groups is 1. The minimum Gasteiger partial charge on any atom is -0.390 e. The van der Waals surface area contributed by atoms with Gasteiger partial charge in [-0.15, -0.1) is 0 Å². The molecule has 2 heterocycles. The molecule has 0 bridgehead atoms. The lowest BCUT2D eigenvalue weighted by atomic mass is 9.82. The molecule has 2 aliphatic rings. The van der Waals surface area contributed by atoms with Gasteiger partial charge in [0.05, 0.1) is 12.6 Å². The Balaban J connectivity index is 1.53. The number of nitrogens with one attached hydrogen (secondary N) is 1. The van der Waals surface area contributed by atoms with E-state index in [1.165, 1.54) is 19.3 Å². The average Bonchev–Trinajstić information content (AvgIpc) is 2.73. The zero-order valence-electron chi connectivity index (χ0n) is 13.3. The maximum Gasteiger partial charge on any atom is 0.222 e. The third-order valence-electron chi connectivity index (χ3n) is 4.76. The second-order valence-electron chi connectivity index (χ2n) is 6.74. The first kappa shape index (κ1) is 15.5. The number of aliphatic hydroxyl groups excluding tert-OH is 1. The number of β-amino-alcohol motifs (C(OH)–C–C–N with tert-alkyl or cyclic N) is 1. The van der Waals surface area contributed by atoms with Crippen LogP contribution < -0.4 is 0 Å². The normalized spacial score (nSPS) is 24.1. The summed E-state index contributed by atoms with van der Waals surface area (Å²) in [7, 11) is 0. The van der Waals surface area contributed by atoms with Crippen LogP contribution in [0.5, 0.6) is 0 Å². The van der Waals surface area contributed by atoms with Gasteiger partial charge in [-0.2, -0.15) is 0 Å². The van der Waals surface area contributed by atoms with Gasteiger partial charge in [-0.25, -0.2) is 4.98 Å². The summed E-state index contributed by atoms with van der Waals surface area (Å²) in [4.78, 5) is 23.9. The van der Waals surface area contributed by atoms with E-state index in [9.17, 15) is 9.90 Å². The minimum absolute atomic E-state index is 0.208.